The minimum atomic E-state index is -0.236. The number of nitrogen functional groups attached to an aromatic ring is 1. The number of hydrogen-bond acceptors (Lipinski definition) is 7. The molecule has 1 aromatic heterocycles. The molecule has 0 atom stereocenters. The molecule has 9 nitrogen and oxygen atoms in total. The molecule has 10 heteroatoms. The molecule has 2 amide bonds. The number of ether oxygens (including phenoxy) is 1. The third-order valence-electron chi connectivity index (χ3n) is 7.94. The number of aromatic nitrogens is 1. The summed E-state index contributed by atoms with van der Waals surface area (Å²) in [5.74, 6) is 1.20. The van der Waals surface area contributed by atoms with Gasteiger partial charge in [-0.1, -0.05) is 28.1 Å². The van der Waals surface area contributed by atoms with Crippen LogP contribution in [0.15, 0.2) is 65.3 Å². The van der Waals surface area contributed by atoms with Gasteiger partial charge in [0.15, 0.2) is 0 Å². The highest BCUT2D eigenvalue weighted by Gasteiger charge is 2.31. The fraction of sp³-hybridized carbons (Fsp3) is 0.387. The Labute approximate surface area is 249 Å². The number of nitrogens with two attached hydrogens (primary N) is 1. The maximum absolute atomic E-state index is 13.3. The van der Waals surface area contributed by atoms with Crippen LogP contribution in [0.4, 0.5) is 17.2 Å². The van der Waals surface area contributed by atoms with Gasteiger partial charge in [0.1, 0.15) is 11.6 Å². The number of carbonyl (C=O) groups is 2. The Bertz CT molecular complexity index is 1370. The molecule has 41 heavy (non-hydrogen) atoms. The predicted octanol–water partition coefficient (Wildman–Crippen LogP) is 5.00. The van der Waals surface area contributed by atoms with Crippen LogP contribution in [0, 0.1) is 5.92 Å². The van der Waals surface area contributed by atoms with E-state index in [9.17, 15) is 9.59 Å². The monoisotopic (exact) mass is 620 g/mol. The lowest BCUT2D eigenvalue weighted by atomic mass is 9.93. The number of likely N-dealkylation sites (tertiary alicyclic amines) is 2. The van der Waals surface area contributed by atoms with Crippen molar-refractivity contribution in [2.24, 2.45) is 5.92 Å². The zero-order valence-electron chi connectivity index (χ0n) is 23.3. The van der Waals surface area contributed by atoms with E-state index in [4.69, 9.17) is 10.5 Å². The van der Waals surface area contributed by atoms with Gasteiger partial charge in [-0.25, -0.2) is 4.98 Å². The molecule has 2 aromatic carbocycles. The van der Waals surface area contributed by atoms with Crippen LogP contribution in [-0.4, -0.2) is 65.9 Å². The van der Waals surface area contributed by atoms with Crippen LogP contribution >= 0.6 is 15.9 Å². The van der Waals surface area contributed by atoms with Gasteiger partial charge >= 0.3 is 0 Å². The Morgan fingerprint density at radius 3 is 2.49 bits per heavy atom. The number of nitrogens with zero attached hydrogens (tertiary/aromatic N) is 3. The highest BCUT2D eigenvalue weighted by Crippen LogP contribution is 2.30. The number of rotatable bonds is 8. The second-order valence-electron chi connectivity index (χ2n) is 10.7. The molecule has 0 unspecified atom stereocenters. The van der Waals surface area contributed by atoms with Crippen molar-refractivity contribution in [1.29, 1.82) is 0 Å². The third-order valence-corrected chi connectivity index (χ3v) is 8.43. The molecular formula is C31H37BrN6O3. The van der Waals surface area contributed by atoms with E-state index in [2.05, 4.69) is 36.4 Å². The Balaban J connectivity index is 1.12. The molecule has 2 saturated heterocycles. The van der Waals surface area contributed by atoms with Crippen LogP contribution in [-0.2, 0) is 11.3 Å². The smallest absolute Gasteiger partial charge is 0.259 e. The molecule has 0 saturated carbocycles. The van der Waals surface area contributed by atoms with Gasteiger partial charge in [-0.3, -0.25) is 14.5 Å². The number of para-hydroxylation sites is 1. The zero-order chi connectivity index (χ0) is 28.8. The van der Waals surface area contributed by atoms with Crippen LogP contribution in [0.2, 0.25) is 0 Å². The van der Waals surface area contributed by atoms with E-state index >= 15 is 0 Å². The summed E-state index contributed by atoms with van der Waals surface area (Å²) in [5, 5.41) is 6.64. The van der Waals surface area contributed by atoms with Gasteiger partial charge in [-0.15, -0.1) is 0 Å². The maximum atomic E-state index is 13.3. The number of piperidine rings is 2. The molecule has 0 radical (unpaired) electrons. The summed E-state index contributed by atoms with van der Waals surface area (Å²) in [6.45, 7) is 4.11. The van der Waals surface area contributed by atoms with Crippen molar-refractivity contribution in [2.75, 3.05) is 49.7 Å². The highest BCUT2D eigenvalue weighted by molar-refractivity contribution is 9.10. The molecule has 0 spiro atoms. The van der Waals surface area contributed by atoms with Crippen molar-refractivity contribution in [3.05, 3.63) is 76.4 Å². The zero-order valence-corrected chi connectivity index (χ0v) is 24.9. The van der Waals surface area contributed by atoms with Gasteiger partial charge < -0.3 is 26.0 Å². The predicted molar refractivity (Wildman–Crippen MR) is 165 cm³/mol. The fourth-order valence-electron chi connectivity index (χ4n) is 5.68. The van der Waals surface area contributed by atoms with Gasteiger partial charge in [-0.05, 0) is 86.8 Å². The number of anilines is 3. The molecule has 0 bridgehead atoms. The van der Waals surface area contributed by atoms with Gasteiger partial charge in [0.05, 0.1) is 24.0 Å². The van der Waals surface area contributed by atoms with E-state index in [0.717, 1.165) is 74.1 Å². The molecule has 0 aliphatic carbocycles. The number of hydrogen-bond donors (Lipinski definition) is 3. The number of amides is 2. The van der Waals surface area contributed by atoms with E-state index in [1.54, 1.807) is 25.4 Å². The summed E-state index contributed by atoms with van der Waals surface area (Å²) >= 11 is 3.52. The number of benzene rings is 2. The quantitative estimate of drug-likeness (QED) is 0.325. The Hall–Kier alpha value is -3.63. The largest absolute Gasteiger partial charge is 0.496 e. The van der Waals surface area contributed by atoms with Crippen LogP contribution in [0.5, 0.6) is 5.75 Å². The van der Waals surface area contributed by atoms with Gasteiger partial charge in [0, 0.05) is 42.3 Å². The van der Waals surface area contributed by atoms with E-state index in [1.165, 1.54) is 0 Å². The first-order chi connectivity index (χ1) is 19.9. The topological polar surface area (TPSA) is 113 Å². The molecule has 2 aliphatic heterocycles. The Morgan fingerprint density at radius 2 is 1.76 bits per heavy atom. The first-order valence-corrected chi connectivity index (χ1v) is 14.9. The Morgan fingerprint density at radius 1 is 1.00 bits per heavy atom. The molecule has 3 heterocycles. The average molecular weight is 622 g/mol. The summed E-state index contributed by atoms with van der Waals surface area (Å²) in [7, 11) is 1.55. The van der Waals surface area contributed by atoms with E-state index in [1.807, 2.05) is 47.4 Å². The fourth-order valence-corrected chi connectivity index (χ4v) is 6.04. The summed E-state index contributed by atoms with van der Waals surface area (Å²) in [4.78, 5) is 34.9. The Kier molecular flexibility index (Phi) is 9.41. The summed E-state index contributed by atoms with van der Waals surface area (Å²) in [5.41, 5.74) is 8.99. The maximum Gasteiger partial charge on any atom is 0.259 e. The van der Waals surface area contributed by atoms with Gasteiger partial charge in [-0.2, -0.15) is 0 Å². The molecule has 5 rings (SSSR count). The third kappa shape index (κ3) is 7.37. The summed E-state index contributed by atoms with van der Waals surface area (Å²) < 4.78 is 6.23. The summed E-state index contributed by atoms with van der Waals surface area (Å²) in [6.07, 6.45) is 5.21. The lowest BCUT2D eigenvalue weighted by molar-refractivity contribution is -0.138. The van der Waals surface area contributed by atoms with Crippen LogP contribution in [0.3, 0.4) is 0 Å². The lowest BCUT2D eigenvalue weighted by Crippen LogP contribution is -2.47. The minimum absolute atomic E-state index is 0.0848. The van der Waals surface area contributed by atoms with E-state index < -0.39 is 0 Å². The molecule has 216 valence electrons. The first-order valence-electron chi connectivity index (χ1n) is 14.1. The summed E-state index contributed by atoms with van der Waals surface area (Å²) in [6, 6.07) is 17.1. The van der Waals surface area contributed by atoms with Crippen LogP contribution in [0.25, 0.3) is 0 Å². The van der Waals surface area contributed by atoms with Crippen molar-refractivity contribution in [1.82, 2.24) is 14.8 Å². The van der Waals surface area contributed by atoms with Crippen LogP contribution in [0.1, 0.15) is 41.6 Å². The van der Waals surface area contributed by atoms with Gasteiger partial charge in [0.25, 0.3) is 5.91 Å². The average Bonchev–Trinajstić information content (AvgIpc) is 2.99. The molecule has 2 aliphatic rings. The molecule has 4 N–H and O–H groups in total. The van der Waals surface area contributed by atoms with Crippen molar-refractivity contribution in [2.45, 2.75) is 38.3 Å². The second-order valence-corrected chi connectivity index (χ2v) is 11.6. The number of halogens is 1. The molecular weight excluding hydrogens is 584 g/mol. The molecule has 2 fully saturated rings. The number of methoxy groups -OCH3 is 1. The van der Waals surface area contributed by atoms with Crippen molar-refractivity contribution in [3.63, 3.8) is 0 Å². The normalized spacial score (nSPS) is 16.8. The SMILES string of the molecule is COc1ccccc1C(=O)Nc1cc(Br)ccc1NC1CCN(C(=O)C2CCN(Cc3ccnc(N)c3)CC2)CC1. The van der Waals surface area contributed by atoms with Gasteiger partial charge in [0.2, 0.25) is 5.91 Å². The van der Waals surface area contributed by atoms with Crippen LogP contribution < -0.4 is 21.1 Å². The van der Waals surface area contributed by atoms with E-state index in [-0.39, 0.29) is 23.8 Å². The first kappa shape index (κ1) is 28.9. The van der Waals surface area contributed by atoms with Crippen molar-refractivity contribution >= 4 is 44.9 Å². The van der Waals surface area contributed by atoms with E-state index in [0.29, 0.717) is 22.8 Å². The van der Waals surface area contributed by atoms with Crippen molar-refractivity contribution in [3.8, 4) is 5.75 Å². The second kappa shape index (κ2) is 13.4. The van der Waals surface area contributed by atoms with Crippen molar-refractivity contribution < 1.29 is 14.3 Å². The molecule has 3 aromatic rings. The lowest BCUT2D eigenvalue weighted by Gasteiger charge is -2.37. The number of pyridine rings is 1. The number of carbonyl (C=O) groups excluding carboxylic acids is 2. The minimum Gasteiger partial charge on any atom is -0.496 e. The highest BCUT2D eigenvalue weighted by atomic mass is 79.9. The number of nitrogens with one attached hydrogen (secondary N) is 2. The standard InChI is InChI=1S/C31H37BrN6O3/c1-41-28-5-3-2-4-25(28)30(39)36-27-19-23(32)6-7-26(27)35-24-11-16-38(17-12-24)31(40)22-9-14-37(15-10-22)20-21-8-13-34-29(33)18-21/h2-8,13,18-19,22,24,35H,9-12,14-17,20H2,1H3,(H2,33,34)(H,36,39).